The molecule has 6 heteroatoms. The third-order valence-corrected chi connectivity index (χ3v) is 33.0. The zero-order chi connectivity index (χ0) is 44.6. The fourth-order valence-corrected chi connectivity index (χ4v) is 30.0. The van der Waals surface area contributed by atoms with Crippen LogP contribution in [0.2, 0.25) is 0 Å². The molecule has 10 aromatic carbocycles. The van der Waals surface area contributed by atoms with Crippen LogP contribution >= 0.6 is 35.9 Å². The van der Waals surface area contributed by atoms with Crippen LogP contribution < -0.4 is 49.2 Å². The minimum absolute atomic E-state index is 0.633. The standard InChI is InChI=1S/2C30H24AsPS/c2*1-5-15-25(16-6-1)31(26-17-7-2-8-18-26)33-30-24-14-13-23-29(30)32(27-19-9-3-10-20-27)28-21-11-4-12-22-28/h2*1-24H. The summed E-state index contributed by atoms with van der Waals surface area (Å²) in [6.07, 6.45) is 0. The van der Waals surface area contributed by atoms with Crippen molar-refractivity contribution in [3.05, 3.63) is 291 Å². The Balaban J connectivity index is 0.000000166. The van der Waals surface area contributed by atoms with E-state index in [1.165, 1.54) is 59.0 Å². The van der Waals surface area contributed by atoms with Crippen molar-refractivity contribution < 1.29 is 0 Å². The molecule has 0 unspecified atom stereocenters. The van der Waals surface area contributed by atoms with Gasteiger partial charge >= 0.3 is 413 Å². The molecule has 0 atom stereocenters. The van der Waals surface area contributed by atoms with E-state index in [1.807, 2.05) is 0 Å². The van der Waals surface area contributed by atoms with Gasteiger partial charge in [0.25, 0.3) is 0 Å². The molecule has 0 bridgehead atoms. The molecule has 0 radical (unpaired) electrons. The van der Waals surface area contributed by atoms with Crippen LogP contribution in [0.1, 0.15) is 0 Å². The molecule has 0 heterocycles. The van der Waals surface area contributed by atoms with Gasteiger partial charge in [0.1, 0.15) is 0 Å². The Labute approximate surface area is 409 Å². The maximum absolute atomic E-state index is 2.34. The van der Waals surface area contributed by atoms with Gasteiger partial charge in [0, 0.05) is 0 Å². The predicted octanol–water partition coefficient (Wildman–Crippen LogP) is 10.7. The summed E-state index contributed by atoms with van der Waals surface area (Å²) >= 11 is -3.19. The van der Waals surface area contributed by atoms with Crippen molar-refractivity contribution in [1.29, 1.82) is 0 Å². The minimum atomic E-state index is -1.59. The van der Waals surface area contributed by atoms with Crippen LogP contribution in [0.4, 0.5) is 0 Å². The van der Waals surface area contributed by atoms with Gasteiger partial charge < -0.3 is 0 Å². The number of hydrogen-bond donors (Lipinski definition) is 0. The van der Waals surface area contributed by atoms with E-state index in [4.69, 9.17) is 0 Å². The topological polar surface area (TPSA) is 0 Å². The molecule has 10 rings (SSSR count). The van der Waals surface area contributed by atoms with Crippen molar-refractivity contribution in [2.24, 2.45) is 0 Å². The SMILES string of the molecule is c1ccc(P(c2ccccc2)c2ccccc2S[As](c2ccccc2)c2ccccc2)cc1.c1ccc(P(c2ccccc2)c2ccccc2S[As](c2ccccc2)c2ccccc2)cc1. The first-order valence-corrected chi connectivity index (χ1v) is 34.5. The molecular weight excluding hydrogens is 997 g/mol. The van der Waals surface area contributed by atoms with E-state index in [2.05, 4.69) is 311 Å². The molecule has 0 amide bonds. The van der Waals surface area contributed by atoms with Crippen LogP contribution in [-0.4, -0.2) is 27.0 Å². The second-order valence-corrected chi connectivity index (χ2v) is 33.6. The van der Waals surface area contributed by atoms with Crippen molar-refractivity contribution in [1.82, 2.24) is 0 Å². The first-order chi connectivity index (χ1) is 32.8. The first-order valence-electron chi connectivity index (χ1n) is 21.9. The Hall–Kier alpha value is -5.12. The van der Waals surface area contributed by atoms with Gasteiger partial charge in [0.2, 0.25) is 0 Å². The van der Waals surface area contributed by atoms with Crippen LogP contribution in [-0.2, 0) is 0 Å². The van der Waals surface area contributed by atoms with Gasteiger partial charge in [0.15, 0.2) is 0 Å². The average Bonchev–Trinajstić information content (AvgIpc) is 3.41. The van der Waals surface area contributed by atoms with E-state index in [0.29, 0.717) is 0 Å². The van der Waals surface area contributed by atoms with Gasteiger partial charge in [-0.1, -0.05) is 0 Å². The molecule has 320 valence electrons. The molecule has 66 heavy (non-hydrogen) atoms. The molecular formula is C60H48As2P2S2. The van der Waals surface area contributed by atoms with Crippen molar-refractivity contribution in [2.45, 2.75) is 9.79 Å². The van der Waals surface area contributed by atoms with Crippen LogP contribution in [0.15, 0.2) is 301 Å². The van der Waals surface area contributed by atoms with Crippen molar-refractivity contribution >= 4 is 112 Å². The van der Waals surface area contributed by atoms with E-state index < -0.39 is 42.8 Å². The zero-order valence-electron chi connectivity index (χ0n) is 36.3. The van der Waals surface area contributed by atoms with Gasteiger partial charge in [-0.15, -0.1) is 0 Å². The fourth-order valence-electron chi connectivity index (χ4n) is 7.56. The second kappa shape index (κ2) is 24.1. The maximum atomic E-state index is 2.34. The van der Waals surface area contributed by atoms with Crippen molar-refractivity contribution in [3.63, 3.8) is 0 Å². The molecule has 0 spiro atoms. The molecule has 0 aromatic heterocycles. The number of benzene rings is 10. The summed E-state index contributed by atoms with van der Waals surface area (Å²) in [4.78, 5) is 2.81. The molecule has 10 aromatic rings. The Morgan fingerprint density at radius 3 is 0.652 bits per heavy atom. The summed E-state index contributed by atoms with van der Waals surface area (Å²) in [6.45, 7) is 0. The number of rotatable bonds is 14. The third-order valence-electron chi connectivity index (χ3n) is 10.6. The average molecular weight is 1040 g/mol. The summed E-state index contributed by atoms with van der Waals surface area (Å²) in [5.41, 5.74) is 0. The van der Waals surface area contributed by atoms with Crippen LogP contribution in [0, 0.1) is 0 Å². The first kappa shape index (κ1) is 46.0. The molecule has 0 N–H and O–H groups in total. The third kappa shape index (κ3) is 11.9. The van der Waals surface area contributed by atoms with E-state index in [9.17, 15) is 0 Å². The normalized spacial score (nSPS) is 11.1. The van der Waals surface area contributed by atoms with Crippen molar-refractivity contribution in [3.8, 4) is 0 Å². The molecule has 0 aliphatic heterocycles. The molecule has 0 aliphatic rings. The van der Waals surface area contributed by atoms with Crippen LogP contribution in [0.25, 0.3) is 0 Å². The molecule has 0 fully saturated rings. The molecule has 0 saturated carbocycles. The monoisotopic (exact) mass is 1040 g/mol. The van der Waals surface area contributed by atoms with Gasteiger partial charge in [-0.2, -0.15) is 0 Å². The summed E-state index contributed by atoms with van der Waals surface area (Å²) < 4.78 is 5.89. The summed E-state index contributed by atoms with van der Waals surface area (Å²) in [5.74, 6) is 0. The number of hydrogen-bond acceptors (Lipinski definition) is 2. The Morgan fingerprint density at radius 1 is 0.212 bits per heavy atom. The van der Waals surface area contributed by atoms with Gasteiger partial charge in [-0.05, 0) is 0 Å². The van der Waals surface area contributed by atoms with E-state index in [-0.39, 0.29) is 0 Å². The van der Waals surface area contributed by atoms with E-state index >= 15 is 0 Å². The van der Waals surface area contributed by atoms with E-state index in [1.54, 1.807) is 0 Å². The molecule has 0 saturated heterocycles. The Kier molecular flexibility index (Phi) is 16.8. The van der Waals surface area contributed by atoms with Gasteiger partial charge in [0.05, 0.1) is 0 Å². The van der Waals surface area contributed by atoms with Crippen molar-refractivity contribution in [2.75, 3.05) is 0 Å². The Morgan fingerprint density at radius 2 is 0.409 bits per heavy atom. The predicted molar refractivity (Wildman–Crippen MR) is 298 cm³/mol. The molecule has 0 nitrogen and oxygen atoms in total. The summed E-state index contributed by atoms with van der Waals surface area (Å²) in [6, 6.07) is 106. The van der Waals surface area contributed by atoms with Gasteiger partial charge in [-0.3, -0.25) is 0 Å². The molecule has 0 aliphatic carbocycles. The summed E-state index contributed by atoms with van der Waals surface area (Å²) in [5, 5.41) is 8.47. The second-order valence-electron chi connectivity index (χ2n) is 15.1. The quantitative estimate of drug-likeness (QED) is 0.0786. The van der Waals surface area contributed by atoms with Gasteiger partial charge in [-0.25, -0.2) is 0 Å². The zero-order valence-corrected chi connectivity index (χ0v) is 43.5. The fraction of sp³-hybridized carbons (Fsp3) is 0. The summed E-state index contributed by atoms with van der Waals surface area (Å²) in [7, 11) is 2.94. The van der Waals surface area contributed by atoms with Crippen LogP contribution in [0.5, 0.6) is 0 Å². The van der Waals surface area contributed by atoms with E-state index in [0.717, 1.165) is 0 Å². The Bertz CT molecular complexity index is 2610. The van der Waals surface area contributed by atoms with Crippen LogP contribution in [0.3, 0.4) is 0 Å².